The zero-order valence-corrected chi connectivity index (χ0v) is 16.6. The van der Waals surface area contributed by atoms with Crippen molar-refractivity contribution in [2.75, 3.05) is 5.32 Å². The summed E-state index contributed by atoms with van der Waals surface area (Å²) in [5, 5.41) is 2.76. The molecular weight excluding hydrogens is 350 g/mol. The fraction of sp³-hybridized carbons (Fsp3) is 0.562. The van der Waals surface area contributed by atoms with E-state index in [0.717, 1.165) is 0 Å². The average Bonchev–Trinajstić information content (AvgIpc) is 2.36. The van der Waals surface area contributed by atoms with Crippen molar-refractivity contribution < 1.29 is 13.2 Å². The lowest BCUT2D eigenvalue weighted by molar-refractivity contribution is -0.119. The number of benzene rings is 1. The number of hydrogen-bond donors (Lipinski definition) is 3. The highest BCUT2D eigenvalue weighted by Gasteiger charge is 2.25. The van der Waals surface area contributed by atoms with Gasteiger partial charge in [0.15, 0.2) is 0 Å². The third-order valence-corrected chi connectivity index (χ3v) is 5.38. The molecule has 1 aromatic carbocycles. The number of carbonyl (C=O) groups is 1. The molecule has 8 heteroatoms. The molecule has 0 spiro atoms. The molecule has 24 heavy (non-hydrogen) atoms. The zero-order valence-electron chi connectivity index (χ0n) is 15.0. The molecule has 1 amide bonds. The number of nitrogens with one attached hydrogen (secondary N) is 2. The molecule has 138 valence electrons. The minimum Gasteiger partial charge on any atom is -0.327 e. The largest absolute Gasteiger partial charge is 0.327 e. The average molecular weight is 378 g/mol. The number of halogens is 1. The van der Waals surface area contributed by atoms with Gasteiger partial charge in [-0.05, 0) is 52.3 Å². The second kappa shape index (κ2) is 8.29. The maximum atomic E-state index is 12.5. The highest BCUT2D eigenvalue weighted by atomic mass is 35.5. The van der Waals surface area contributed by atoms with Crippen molar-refractivity contribution in [3.63, 3.8) is 0 Å². The summed E-state index contributed by atoms with van der Waals surface area (Å²) in [6.45, 7) is 10.5. The summed E-state index contributed by atoms with van der Waals surface area (Å²) in [5.41, 5.74) is 6.11. The van der Waals surface area contributed by atoms with E-state index < -0.39 is 15.6 Å². The number of anilines is 1. The molecule has 0 fully saturated rings. The second-order valence-corrected chi connectivity index (χ2v) is 8.57. The highest BCUT2D eigenvalue weighted by Crippen LogP contribution is 2.24. The first-order valence-corrected chi connectivity index (χ1v) is 9.03. The molecule has 0 aliphatic heterocycles. The van der Waals surface area contributed by atoms with Gasteiger partial charge in [0.1, 0.15) is 0 Å². The first-order chi connectivity index (χ1) is 10.3. The second-order valence-electron chi connectivity index (χ2n) is 6.92. The Hall–Kier alpha value is -1.15. The molecule has 0 aliphatic rings. The maximum Gasteiger partial charge on any atom is 0.241 e. The van der Waals surface area contributed by atoms with Crippen LogP contribution in [0.15, 0.2) is 23.1 Å². The van der Waals surface area contributed by atoms with E-state index in [1.165, 1.54) is 6.07 Å². The Morgan fingerprint density at radius 1 is 1.21 bits per heavy atom. The number of hydrogen-bond acceptors (Lipinski definition) is 4. The molecule has 1 aromatic rings. The molecule has 0 radical (unpaired) electrons. The summed E-state index contributed by atoms with van der Waals surface area (Å²) in [4.78, 5) is 12.3. The summed E-state index contributed by atoms with van der Waals surface area (Å²) in [6, 6.07) is 4.52. The van der Waals surface area contributed by atoms with Crippen molar-refractivity contribution in [3.8, 4) is 0 Å². The van der Waals surface area contributed by atoms with Gasteiger partial charge in [-0.25, -0.2) is 13.1 Å². The minimum absolute atomic E-state index is 0. The lowest BCUT2D eigenvalue weighted by atomic mass is 10.0. The smallest absolute Gasteiger partial charge is 0.241 e. The molecule has 0 saturated carbocycles. The summed E-state index contributed by atoms with van der Waals surface area (Å²) in [6.07, 6.45) is 0. The molecule has 0 aromatic heterocycles. The number of amides is 1. The highest BCUT2D eigenvalue weighted by molar-refractivity contribution is 7.89. The van der Waals surface area contributed by atoms with Crippen LogP contribution in [0.3, 0.4) is 0 Å². The van der Waals surface area contributed by atoms with Gasteiger partial charge in [-0.15, -0.1) is 12.4 Å². The van der Waals surface area contributed by atoms with Gasteiger partial charge in [0.05, 0.1) is 10.8 Å². The monoisotopic (exact) mass is 377 g/mol. The van der Waals surface area contributed by atoms with E-state index in [1.807, 2.05) is 0 Å². The first kappa shape index (κ1) is 22.9. The van der Waals surface area contributed by atoms with Crippen LogP contribution in [0.5, 0.6) is 0 Å². The van der Waals surface area contributed by atoms with Gasteiger partial charge in [0.25, 0.3) is 0 Å². The van der Waals surface area contributed by atoms with Crippen LogP contribution < -0.4 is 15.8 Å². The predicted molar refractivity (Wildman–Crippen MR) is 99.9 cm³/mol. The Kier molecular flexibility index (Phi) is 7.89. The SMILES string of the molecule is Cc1c(NC(=O)C(C)C(C)N)cccc1S(=O)(=O)NC(C)(C)C.Cl. The fourth-order valence-corrected chi connectivity index (χ4v) is 3.67. The van der Waals surface area contributed by atoms with E-state index in [9.17, 15) is 13.2 Å². The molecule has 0 saturated heterocycles. The van der Waals surface area contributed by atoms with Gasteiger partial charge < -0.3 is 11.1 Å². The summed E-state index contributed by atoms with van der Waals surface area (Å²) in [5.74, 6) is -0.608. The van der Waals surface area contributed by atoms with E-state index in [4.69, 9.17) is 5.73 Å². The van der Waals surface area contributed by atoms with Gasteiger partial charge in [0, 0.05) is 17.3 Å². The van der Waals surface area contributed by atoms with E-state index >= 15 is 0 Å². The normalized spacial score (nSPS) is 14.5. The van der Waals surface area contributed by atoms with Crippen LogP contribution in [0.4, 0.5) is 5.69 Å². The van der Waals surface area contributed by atoms with Crippen LogP contribution in [0.25, 0.3) is 0 Å². The number of nitrogens with two attached hydrogens (primary N) is 1. The zero-order chi connectivity index (χ0) is 18.0. The Morgan fingerprint density at radius 2 is 1.75 bits per heavy atom. The van der Waals surface area contributed by atoms with Crippen LogP contribution in [0, 0.1) is 12.8 Å². The van der Waals surface area contributed by atoms with Crippen LogP contribution >= 0.6 is 12.4 Å². The van der Waals surface area contributed by atoms with Gasteiger partial charge in [-0.2, -0.15) is 0 Å². The van der Waals surface area contributed by atoms with E-state index in [-0.39, 0.29) is 35.2 Å². The molecule has 6 nitrogen and oxygen atoms in total. The molecule has 1 rings (SSSR count). The van der Waals surface area contributed by atoms with Gasteiger partial charge in [0.2, 0.25) is 15.9 Å². The van der Waals surface area contributed by atoms with Crippen molar-refractivity contribution in [2.45, 2.75) is 58.0 Å². The Labute approximate surface area is 151 Å². The molecule has 0 bridgehead atoms. The van der Waals surface area contributed by atoms with Crippen LogP contribution in [-0.4, -0.2) is 25.9 Å². The third-order valence-electron chi connectivity index (χ3n) is 3.47. The van der Waals surface area contributed by atoms with Gasteiger partial charge in [-0.1, -0.05) is 13.0 Å². The maximum absolute atomic E-state index is 12.5. The number of sulfonamides is 1. The van der Waals surface area contributed by atoms with E-state index in [1.54, 1.807) is 53.7 Å². The third kappa shape index (κ3) is 6.05. The predicted octanol–water partition coefficient (Wildman–Crippen LogP) is 2.42. The van der Waals surface area contributed by atoms with Gasteiger partial charge in [-0.3, -0.25) is 4.79 Å². The Balaban J connectivity index is 0.00000529. The van der Waals surface area contributed by atoms with E-state index in [2.05, 4.69) is 10.0 Å². The Bertz CT molecular complexity index is 682. The summed E-state index contributed by atoms with van der Waals surface area (Å²) in [7, 11) is -3.67. The molecule has 4 N–H and O–H groups in total. The van der Waals surface area contributed by atoms with Crippen LogP contribution in [-0.2, 0) is 14.8 Å². The van der Waals surface area contributed by atoms with Crippen molar-refractivity contribution in [2.24, 2.45) is 11.7 Å². The number of rotatable bonds is 5. The fourth-order valence-electron chi connectivity index (χ4n) is 1.98. The molecule has 0 heterocycles. The van der Waals surface area contributed by atoms with Gasteiger partial charge >= 0.3 is 0 Å². The first-order valence-electron chi connectivity index (χ1n) is 7.55. The molecule has 2 unspecified atom stereocenters. The summed E-state index contributed by atoms with van der Waals surface area (Å²) < 4.78 is 27.6. The van der Waals surface area contributed by atoms with Crippen molar-refractivity contribution in [1.29, 1.82) is 0 Å². The van der Waals surface area contributed by atoms with E-state index in [0.29, 0.717) is 11.3 Å². The quantitative estimate of drug-likeness (QED) is 0.733. The summed E-state index contributed by atoms with van der Waals surface area (Å²) >= 11 is 0. The van der Waals surface area contributed by atoms with Crippen molar-refractivity contribution in [3.05, 3.63) is 23.8 Å². The minimum atomic E-state index is -3.67. The van der Waals surface area contributed by atoms with Crippen LogP contribution in [0.1, 0.15) is 40.2 Å². The topological polar surface area (TPSA) is 101 Å². The van der Waals surface area contributed by atoms with Crippen LogP contribution in [0.2, 0.25) is 0 Å². The molecule has 2 atom stereocenters. The van der Waals surface area contributed by atoms with Crippen molar-refractivity contribution in [1.82, 2.24) is 4.72 Å². The lowest BCUT2D eigenvalue weighted by Gasteiger charge is -2.22. The lowest BCUT2D eigenvalue weighted by Crippen LogP contribution is -2.40. The Morgan fingerprint density at radius 3 is 2.21 bits per heavy atom. The number of carbonyl (C=O) groups excluding carboxylic acids is 1. The van der Waals surface area contributed by atoms with Crippen molar-refractivity contribution >= 4 is 34.0 Å². The molecule has 0 aliphatic carbocycles. The standard InChI is InChI=1S/C16H27N3O3S.ClH/c1-10(12(3)17)15(20)18-13-8-7-9-14(11(13)2)23(21,22)19-16(4,5)6;/h7-10,12,19H,17H2,1-6H3,(H,18,20);1H. The molecular formula is C16H28ClN3O3S.